The Morgan fingerprint density at radius 2 is 1.54 bits per heavy atom. The third kappa shape index (κ3) is 4.07. The molecule has 5 atom stereocenters. The third-order valence-electron chi connectivity index (χ3n) is 8.17. The summed E-state index contributed by atoms with van der Waals surface area (Å²) in [5.41, 5.74) is 0.546. The molecule has 1 aliphatic heterocycles. The van der Waals surface area contributed by atoms with Gasteiger partial charge in [0.05, 0.1) is 6.04 Å². The van der Waals surface area contributed by atoms with Crippen LogP contribution in [0.25, 0.3) is 0 Å². The molecule has 0 aromatic carbocycles. The molecule has 0 N–H and O–H groups in total. The van der Waals surface area contributed by atoms with E-state index in [4.69, 9.17) is 4.99 Å². The first-order chi connectivity index (χ1) is 11.6. The lowest BCUT2D eigenvalue weighted by molar-refractivity contribution is 0.0206. The molecule has 1 heterocycles. The van der Waals surface area contributed by atoms with Crippen molar-refractivity contribution in [3.8, 4) is 0 Å². The minimum atomic E-state index is 0.546. The van der Waals surface area contributed by atoms with Crippen molar-refractivity contribution in [2.45, 2.75) is 110 Å². The van der Waals surface area contributed by atoms with Gasteiger partial charge in [-0.3, -0.25) is 4.99 Å². The molecule has 0 spiro atoms. The lowest BCUT2D eigenvalue weighted by Crippen LogP contribution is -2.41. The van der Waals surface area contributed by atoms with Crippen LogP contribution < -0.4 is 0 Å². The van der Waals surface area contributed by atoms with Gasteiger partial charge in [-0.25, -0.2) is 0 Å². The van der Waals surface area contributed by atoms with Gasteiger partial charge in [0.15, 0.2) is 0 Å². The SMILES string of the molecule is CC(C)C1(C)CCCCCCCCCC1C1CCC2CC=NC2C1. The normalized spacial score (nSPS) is 41.8. The molecule has 3 rings (SSSR count). The first-order valence-corrected chi connectivity index (χ1v) is 11.1. The summed E-state index contributed by atoms with van der Waals surface area (Å²) in [7, 11) is 0. The second-order valence-corrected chi connectivity index (χ2v) is 9.75. The topological polar surface area (TPSA) is 12.4 Å². The molecule has 0 bridgehead atoms. The van der Waals surface area contributed by atoms with Crippen LogP contribution >= 0.6 is 0 Å². The van der Waals surface area contributed by atoms with Gasteiger partial charge in [0.1, 0.15) is 0 Å². The molecule has 0 amide bonds. The average molecular weight is 332 g/mol. The van der Waals surface area contributed by atoms with Crippen LogP contribution in [-0.2, 0) is 0 Å². The van der Waals surface area contributed by atoms with Gasteiger partial charge >= 0.3 is 0 Å². The Hall–Kier alpha value is -0.330. The number of aliphatic imine (C=N–C) groups is 1. The van der Waals surface area contributed by atoms with Crippen molar-refractivity contribution in [1.29, 1.82) is 0 Å². The van der Waals surface area contributed by atoms with E-state index >= 15 is 0 Å². The maximum atomic E-state index is 4.86. The van der Waals surface area contributed by atoms with Gasteiger partial charge in [0.2, 0.25) is 0 Å². The summed E-state index contributed by atoms with van der Waals surface area (Å²) >= 11 is 0. The van der Waals surface area contributed by atoms with Crippen LogP contribution in [0.1, 0.15) is 104 Å². The Kier molecular flexibility index (Phi) is 6.44. The summed E-state index contributed by atoms with van der Waals surface area (Å²) in [6.07, 6.45) is 21.1. The van der Waals surface area contributed by atoms with Crippen molar-refractivity contribution < 1.29 is 0 Å². The Labute approximate surface area is 151 Å². The molecule has 0 aromatic heterocycles. The van der Waals surface area contributed by atoms with Gasteiger partial charge < -0.3 is 0 Å². The van der Waals surface area contributed by atoms with Crippen LogP contribution in [0.3, 0.4) is 0 Å². The van der Waals surface area contributed by atoms with Gasteiger partial charge in [-0.05, 0) is 73.8 Å². The number of hydrogen-bond donors (Lipinski definition) is 0. The highest BCUT2D eigenvalue weighted by molar-refractivity contribution is 5.60. The fourth-order valence-corrected chi connectivity index (χ4v) is 6.16. The molecule has 0 saturated heterocycles. The Morgan fingerprint density at radius 3 is 2.29 bits per heavy atom. The summed E-state index contributed by atoms with van der Waals surface area (Å²) in [4.78, 5) is 4.86. The van der Waals surface area contributed by atoms with Crippen LogP contribution in [0.5, 0.6) is 0 Å². The lowest BCUT2D eigenvalue weighted by atomic mass is 9.57. The van der Waals surface area contributed by atoms with E-state index in [1.807, 2.05) is 0 Å². The third-order valence-corrected chi connectivity index (χ3v) is 8.17. The lowest BCUT2D eigenvalue weighted by Gasteiger charge is -2.48. The summed E-state index contributed by atoms with van der Waals surface area (Å²) in [5, 5.41) is 0. The van der Waals surface area contributed by atoms with Crippen molar-refractivity contribution in [2.75, 3.05) is 0 Å². The molecule has 138 valence electrons. The predicted molar refractivity (Wildman–Crippen MR) is 106 cm³/mol. The molecule has 5 unspecified atom stereocenters. The minimum Gasteiger partial charge on any atom is -0.294 e. The first kappa shape index (κ1) is 18.5. The van der Waals surface area contributed by atoms with Gasteiger partial charge in [0, 0.05) is 0 Å². The Balaban J connectivity index is 1.76. The molecule has 1 heteroatoms. The van der Waals surface area contributed by atoms with Crippen molar-refractivity contribution >= 4 is 6.21 Å². The molecule has 3 aliphatic rings. The van der Waals surface area contributed by atoms with Crippen molar-refractivity contribution in [2.24, 2.45) is 34.1 Å². The molecule has 2 aliphatic carbocycles. The monoisotopic (exact) mass is 331 g/mol. The van der Waals surface area contributed by atoms with E-state index < -0.39 is 0 Å². The van der Waals surface area contributed by atoms with Crippen molar-refractivity contribution in [3.63, 3.8) is 0 Å². The predicted octanol–water partition coefficient (Wildman–Crippen LogP) is 7.05. The number of nitrogens with zero attached hydrogens (tertiary/aromatic N) is 1. The van der Waals surface area contributed by atoms with E-state index in [1.54, 1.807) is 0 Å². The van der Waals surface area contributed by atoms with Crippen molar-refractivity contribution in [3.05, 3.63) is 0 Å². The zero-order chi connectivity index (χ0) is 17.0. The van der Waals surface area contributed by atoms with Crippen LogP contribution in [0.4, 0.5) is 0 Å². The number of hydrogen-bond acceptors (Lipinski definition) is 1. The summed E-state index contributed by atoms with van der Waals surface area (Å²) in [6.45, 7) is 7.67. The van der Waals surface area contributed by atoms with E-state index in [9.17, 15) is 0 Å². The maximum Gasteiger partial charge on any atom is 0.0530 e. The summed E-state index contributed by atoms with van der Waals surface area (Å²) < 4.78 is 0. The largest absolute Gasteiger partial charge is 0.294 e. The van der Waals surface area contributed by atoms with Crippen LogP contribution in [0.2, 0.25) is 0 Å². The van der Waals surface area contributed by atoms with E-state index in [2.05, 4.69) is 27.0 Å². The molecule has 24 heavy (non-hydrogen) atoms. The average Bonchev–Trinajstić information content (AvgIpc) is 3.02. The van der Waals surface area contributed by atoms with Crippen LogP contribution in [-0.4, -0.2) is 12.3 Å². The second-order valence-electron chi connectivity index (χ2n) is 9.75. The van der Waals surface area contributed by atoms with E-state index in [0.29, 0.717) is 11.5 Å². The van der Waals surface area contributed by atoms with Crippen molar-refractivity contribution in [1.82, 2.24) is 0 Å². The fourth-order valence-electron chi connectivity index (χ4n) is 6.16. The Morgan fingerprint density at radius 1 is 0.875 bits per heavy atom. The molecular weight excluding hydrogens is 290 g/mol. The maximum absolute atomic E-state index is 4.86. The standard InChI is InChI=1S/C23H41N/c1-18(2)23(3)15-10-8-6-4-5-7-9-11-21(23)20-13-12-19-14-16-24-22(19)17-20/h16,18-22H,4-15,17H2,1-3H3. The van der Waals surface area contributed by atoms with Gasteiger partial charge in [-0.2, -0.15) is 0 Å². The molecule has 0 radical (unpaired) electrons. The molecule has 2 saturated carbocycles. The van der Waals surface area contributed by atoms with E-state index in [1.165, 1.54) is 83.5 Å². The molecule has 0 aromatic rings. The highest BCUT2D eigenvalue weighted by Gasteiger charge is 2.44. The first-order valence-electron chi connectivity index (χ1n) is 11.1. The van der Waals surface area contributed by atoms with Gasteiger partial charge in [-0.1, -0.05) is 65.7 Å². The minimum absolute atomic E-state index is 0.546. The molecule has 1 nitrogen and oxygen atoms in total. The van der Waals surface area contributed by atoms with Gasteiger partial charge in [0.25, 0.3) is 0 Å². The van der Waals surface area contributed by atoms with Crippen LogP contribution in [0.15, 0.2) is 4.99 Å². The van der Waals surface area contributed by atoms with Gasteiger partial charge in [-0.15, -0.1) is 0 Å². The quantitative estimate of drug-likeness (QED) is 0.514. The van der Waals surface area contributed by atoms with E-state index in [0.717, 1.165) is 23.7 Å². The fraction of sp³-hybridized carbons (Fsp3) is 0.957. The zero-order valence-corrected chi connectivity index (χ0v) is 16.6. The van der Waals surface area contributed by atoms with Crippen LogP contribution in [0, 0.1) is 29.1 Å². The summed E-state index contributed by atoms with van der Waals surface area (Å²) in [5.74, 6) is 3.59. The molecular formula is C23H41N. The molecule has 2 fully saturated rings. The number of rotatable bonds is 2. The summed E-state index contributed by atoms with van der Waals surface area (Å²) in [6, 6.07) is 0.679. The highest BCUT2D eigenvalue weighted by Crippen LogP contribution is 2.51. The highest BCUT2D eigenvalue weighted by atomic mass is 14.8. The van der Waals surface area contributed by atoms with E-state index in [-0.39, 0.29) is 0 Å². The smallest absolute Gasteiger partial charge is 0.0530 e. The number of fused-ring (bicyclic) bond motifs is 1. The zero-order valence-electron chi connectivity index (χ0n) is 16.6. The second kappa shape index (κ2) is 8.37. The Bertz CT molecular complexity index is 412.